The van der Waals surface area contributed by atoms with E-state index in [-0.39, 0.29) is 0 Å². The summed E-state index contributed by atoms with van der Waals surface area (Å²) in [6.07, 6.45) is 4.75. The molecule has 0 bridgehead atoms. The third-order valence-corrected chi connectivity index (χ3v) is 4.50. The first-order valence-corrected chi connectivity index (χ1v) is 7.97. The van der Waals surface area contributed by atoms with Crippen LogP contribution >= 0.6 is 11.8 Å². The fourth-order valence-corrected chi connectivity index (χ4v) is 2.60. The summed E-state index contributed by atoms with van der Waals surface area (Å²) in [6, 6.07) is 6.46. The average Bonchev–Trinajstić information content (AvgIpc) is 2.76. The summed E-state index contributed by atoms with van der Waals surface area (Å²) in [4.78, 5) is 0. The number of ether oxygens (including phenoxy) is 1. The lowest BCUT2D eigenvalue weighted by Crippen LogP contribution is -2.31. The molecule has 2 rings (SSSR count). The molecule has 1 aliphatic heterocycles. The van der Waals surface area contributed by atoms with E-state index < -0.39 is 0 Å². The number of hydrogen-bond acceptors (Lipinski definition) is 3. The standard InChI is InChI=1S/C15H23NOS/c1-11-4-5-15-13(8-11)9-14(17-15)10-16-7-6-12(2)18-3/h4-5,8,12,14,16H,6-7,9-10H2,1-3H3. The second-order valence-corrected chi connectivity index (χ2v) is 6.37. The summed E-state index contributed by atoms with van der Waals surface area (Å²) in [7, 11) is 0. The summed E-state index contributed by atoms with van der Waals surface area (Å²) in [6.45, 7) is 6.44. The minimum Gasteiger partial charge on any atom is -0.488 e. The van der Waals surface area contributed by atoms with Crippen LogP contribution in [-0.2, 0) is 6.42 Å². The van der Waals surface area contributed by atoms with Crippen molar-refractivity contribution in [2.45, 2.75) is 38.0 Å². The van der Waals surface area contributed by atoms with Crippen LogP contribution in [0, 0.1) is 6.92 Å². The van der Waals surface area contributed by atoms with Crippen molar-refractivity contribution < 1.29 is 4.74 Å². The molecule has 1 heterocycles. The number of fused-ring (bicyclic) bond motifs is 1. The summed E-state index contributed by atoms with van der Waals surface area (Å²) in [5.74, 6) is 1.07. The van der Waals surface area contributed by atoms with E-state index in [0.717, 1.165) is 30.5 Å². The average molecular weight is 265 g/mol. The fourth-order valence-electron chi connectivity index (χ4n) is 2.25. The first kappa shape index (κ1) is 13.8. The molecule has 18 heavy (non-hydrogen) atoms. The molecule has 100 valence electrons. The Morgan fingerprint density at radius 1 is 1.50 bits per heavy atom. The lowest BCUT2D eigenvalue weighted by Gasteiger charge is -2.13. The maximum absolute atomic E-state index is 5.93. The molecule has 0 radical (unpaired) electrons. The molecule has 0 amide bonds. The highest BCUT2D eigenvalue weighted by atomic mass is 32.2. The van der Waals surface area contributed by atoms with Gasteiger partial charge in [0.25, 0.3) is 0 Å². The summed E-state index contributed by atoms with van der Waals surface area (Å²) < 4.78 is 5.93. The van der Waals surface area contributed by atoms with Crippen molar-refractivity contribution in [2.24, 2.45) is 0 Å². The normalized spacial score (nSPS) is 19.4. The quantitative estimate of drug-likeness (QED) is 0.799. The van der Waals surface area contributed by atoms with Crippen LogP contribution in [0.5, 0.6) is 5.75 Å². The van der Waals surface area contributed by atoms with Crippen molar-refractivity contribution in [2.75, 3.05) is 19.3 Å². The van der Waals surface area contributed by atoms with Gasteiger partial charge in [0.05, 0.1) is 0 Å². The van der Waals surface area contributed by atoms with E-state index in [9.17, 15) is 0 Å². The topological polar surface area (TPSA) is 21.3 Å². The van der Waals surface area contributed by atoms with E-state index in [2.05, 4.69) is 43.6 Å². The van der Waals surface area contributed by atoms with Crippen LogP contribution in [0.2, 0.25) is 0 Å². The van der Waals surface area contributed by atoms with Gasteiger partial charge in [-0.05, 0) is 37.8 Å². The second kappa shape index (κ2) is 6.48. The van der Waals surface area contributed by atoms with Crippen LogP contribution < -0.4 is 10.1 Å². The summed E-state index contributed by atoms with van der Waals surface area (Å²) in [5.41, 5.74) is 2.68. The Labute approximate surface area is 114 Å². The van der Waals surface area contributed by atoms with Crippen LogP contribution in [0.1, 0.15) is 24.5 Å². The van der Waals surface area contributed by atoms with Gasteiger partial charge in [-0.25, -0.2) is 0 Å². The molecule has 0 aromatic heterocycles. The van der Waals surface area contributed by atoms with E-state index in [1.807, 2.05) is 11.8 Å². The molecule has 0 spiro atoms. The van der Waals surface area contributed by atoms with Crippen LogP contribution in [0.25, 0.3) is 0 Å². The van der Waals surface area contributed by atoms with E-state index in [4.69, 9.17) is 4.74 Å². The highest BCUT2D eigenvalue weighted by molar-refractivity contribution is 7.99. The monoisotopic (exact) mass is 265 g/mol. The van der Waals surface area contributed by atoms with Crippen molar-refractivity contribution in [3.05, 3.63) is 29.3 Å². The van der Waals surface area contributed by atoms with Gasteiger partial charge < -0.3 is 10.1 Å². The van der Waals surface area contributed by atoms with E-state index in [1.54, 1.807) is 0 Å². The fraction of sp³-hybridized carbons (Fsp3) is 0.600. The van der Waals surface area contributed by atoms with Crippen molar-refractivity contribution in [1.82, 2.24) is 5.32 Å². The molecular weight excluding hydrogens is 242 g/mol. The van der Waals surface area contributed by atoms with Gasteiger partial charge in [-0.3, -0.25) is 0 Å². The molecule has 1 aromatic rings. The molecule has 1 aromatic carbocycles. The Balaban J connectivity index is 1.71. The molecule has 0 saturated carbocycles. The van der Waals surface area contributed by atoms with E-state index in [0.29, 0.717) is 6.10 Å². The van der Waals surface area contributed by atoms with Gasteiger partial charge in [0.1, 0.15) is 11.9 Å². The van der Waals surface area contributed by atoms with Crippen LogP contribution in [0.15, 0.2) is 18.2 Å². The molecule has 0 saturated heterocycles. The van der Waals surface area contributed by atoms with E-state index >= 15 is 0 Å². The van der Waals surface area contributed by atoms with Gasteiger partial charge >= 0.3 is 0 Å². The molecule has 2 nitrogen and oxygen atoms in total. The summed E-state index contributed by atoms with van der Waals surface area (Å²) in [5, 5.41) is 4.24. The Morgan fingerprint density at radius 2 is 2.33 bits per heavy atom. The molecule has 3 heteroatoms. The van der Waals surface area contributed by atoms with Gasteiger partial charge in [-0.2, -0.15) is 11.8 Å². The predicted octanol–water partition coefficient (Wildman–Crippen LogP) is 3.03. The van der Waals surface area contributed by atoms with Crippen LogP contribution in [0.4, 0.5) is 0 Å². The van der Waals surface area contributed by atoms with Gasteiger partial charge in [-0.15, -0.1) is 0 Å². The lowest BCUT2D eigenvalue weighted by atomic mass is 10.1. The smallest absolute Gasteiger partial charge is 0.123 e. The number of nitrogens with one attached hydrogen (secondary N) is 1. The molecule has 1 aliphatic rings. The first-order valence-electron chi connectivity index (χ1n) is 6.68. The maximum Gasteiger partial charge on any atom is 0.123 e. The molecular formula is C15H23NOS. The molecule has 2 atom stereocenters. The Kier molecular flexibility index (Phi) is 4.95. The third kappa shape index (κ3) is 3.66. The number of aryl methyl sites for hydroxylation is 1. The van der Waals surface area contributed by atoms with Crippen molar-refractivity contribution in [3.8, 4) is 5.75 Å². The van der Waals surface area contributed by atoms with E-state index in [1.165, 1.54) is 17.5 Å². The van der Waals surface area contributed by atoms with Gasteiger partial charge in [0.2, 0.25) is 0 Å². The summed E-state index contributed by atoms with van der Waals surface area (Å²) >= 11 is 1.93. The van der Waals surface area contributed by atoms with Crippen LogP contribution in [-0.4, -0.2) is 30.7 Å². The van der Waals surface area contributed by atoms with Gasteiger partial charge in [-0.1, -0.05) is 24.6 Å². The minimum atomic E-state index is 0.311. The SMILES string of the molecule is CSC(C)CCNCC1Cc2cc(C)ccc2O1. The zero-order valence-electron chi connectivity index (χ0n) is 11.5. The van der Waals surface area contributed by atoms with Gasteiger partial charge in [0.15, 0.2) is 0 Å². The predicted molar refractivity (Wildman–Crippen MR) is 79.8 cm³/mol. The Hall–Kier alpha value is -0.670. The second-order valence-electron chi connectivity index (χ2n) is 5.09. The molecule has 0 fully saturated rings. The van der Waals surface area contributed by atoms with Crippen LogP contribution in [0.3, 0.4) is 0 Å². The Morgan fingerprint density at radius 3 is 3.11 bits per heavy atom. The molecule has 0 aliphatic carbocycles. The number of hydrogen-bond donors (Lipinski definition) is 1. The maximum atomic E-state index is 5.93. The zero-order valence-corrected chi connectivity index (χ0v) is 12.3. The minimum absolute atomic E-state index is 0.311. The lowest BCUT2D eigenvalue weighted by molar-refractivity contribution is 0.228. The highest BCUT2D eigenvalue weighted by Gasteiger charge is 2.22. The molecule has 2 unspecified atom stereocenters. The number of rotatable bonds is 6. The van der Waals surface area contributed by atoms with Crippen molar-refractivity contribution >= 4 is 11.8 Å². The number of benzene rings is 1. The third-order valence-electron chi connectivity index (χ3n) is 3.46. The van der Waals surface area contributed by atoms with Crippen molar-refractivity contribution in [1.29, 1.82) is 0 Å². The van der Waals surface area contributed by atoms with Gasteiger partial charge in [0, 0.05) is 18.2 Å². The Bertz CT molecular complexity index is 394. The molecule has 1 N–H and O–H groups in total. The zero-order chi connectivity index (χ0) is 13.0. The highest BCUT2D eigenvalue weighted by Crippen LogP contribution is 2.29. The number of thioether (sulfide) groups is 1. The first-order chi connectivity index (χ1) is 8.69. The largest absolute Gasteiger partial charge is 0.488 e. The van der Waals surface area contributed by atoms with Crippen molar-refractivity contribution in [3.63, 3.8) is 0 Å².